The van der Waals surface area contributed by atoms with Crippen LogP contribution in [0.25, 0.3) is 0 Å². The van der Waals surface area contributed by atoms with Gasteiger partial charge in [0.25, 0.3) is 5.91 Å². The summed E-state index contributed by atoms with van der Waals surface area (Å²) in [5, 5.41) is 3.00. The lowest BCUT2D eigenvalue weighted by Gasteiger charge is -2.33. The van der Waals surface area contributed by atoms with Crippen molar-refractivity contribution in [1.82, 2.24) is 19.8 Å². The molecule has 170 valence electrons. The molecule has 0 saturated carbocycles. The van der Waals surface area contributed by atoms with E-state index >= 15 is 0 Å². The van der Waals surface area contributed by atoms with Crippen LogP contribution in [0.15, 0.2) is 36.8 Å². The average molecular weight is 439 g/mol. The Morgan fingerprint density at radius 3 is 2.66 bits per heavy atom. The Balaban J connectivity index is 1.46. The van der Waals surface area contributed by atoms with Gasteiger partial charge in [-0.05, 0) is 38.1 Å². The molecule has 2 aliphatic heterocycles. The van der Waals surface area contributed by atoms with E-state index in [-0.39, 0.29) is 17.7 Å². The van der Waals surface area contributed by atoms with Crippen molar-refractivity contribution in [1.29, 1.82) is 0 Å². The first-order chi connectivity index (χ1) is 15.5. The number of ether oxygens (including phenoxy) is 1. The van der Waals surface area contributed by atoms with Crippen molar-refractivity contribution in [3.05, 3.63) is 42.4 Å². The normalized spacial score (nSPS) is 19.5. The molecule has 1 unspecified atom stereocenters. The first-order valence-corrected chi connectivity index (χ1v) is 11.0. The van der Waals surface area contributed by atoms with E-state index in [4.69, 9.17) is 4.74 Å². The summed E-state index contributed by atoms with van der Waals surface area (Å²) in [6.07, 6.45) is 6.71. The highest BCUT2D eigenvalue weighted by molar-refractivity contribution is 5.99. The van der Waals surface area contributed by atoms with Gasteiger partial charge < -0.3 is 24.8 Å². The topological polar surface area (TPSA) is 90.9 Å². The number of likely N-dealkylation sites (N-methyl/N-ethyl adjacent to an activating group) is 1. The summed E-state index contributed by atoms with van der Waals surface area (Å²) in [6, 6.07) is 5.22. The van der Waals surface area contributed by atoms with Crippen LogP contribution in [0.5, 0.6) is 5.75 Å². The molecule has 2 amide bonds. The number of nitrogens with one attached hydrogen (secondary N) is 1. The van der Waals surface area contributed by atoms with Gasteiger partial charge in [-0.2, -0.15) is 0 Å². The summed E-state index contributed by atoms with van der Waals surface area (Å²) in [5.74, 6) is 1.02. The number of methoxy groups -OCH3 is 1. The summed E-state index contributed by atoms with van der Waals surface area (Å²) in [5.41, 5.74) is 1.07. The van der Waals surface area contributed by atoms with Crippen molar-refractivity contribution in [2.24, 2.45) is 5.92 Å². The number of nitrogens with zero attached hydrogens (tertiary/aromatic N) is 5. The Hall–Kier alpha value is -3.20. The average Bonchev–Trinajstić information content (AvgIpc) is 2.84. The van der Waals surface area contributed by atoms with E-state index in [0.29, 0.717) is 36.6 Å². The van der Waals surface area contributed by atoms with Crippen molar-refractivity contribution in [3.8, 4) is 5.75 Å². The lowest BCUT2D eigenvalue weighted by Crippen LogP contribution is -2.47. The van der Waals surface area contributed by atoms with Crippen LogP contribution in [0.2, 0.25) is 0 Å². The molecule has 9 nitrogen and oxygen atoms in total. The Morgan fingerprint density at radius 1 is 1.12 bits per heavy atom. The maximum atomic E-state index is 13.1. The van der Waals surface area contributed by atoms with E-state index in [2.05, 4.69) is 32.1 Å². The van der Waals surface area contributed by atoms with Crippen molar-refractivity contribution in [2.75, 3.05) is 63.6 Å². The molecule has 4 rings (SSSR count). The zero-order valence-electron chi connectivity index (χ0n) is 18.7. The molecule has 1 N–H and O–H groups in total. The molecule has 1 atom stereocenters. The molecule has 0 radical (unpaired) electrons. The fraction of sp³-hybridized carbons (Fsp3) is 0.478. The predicted molar refractivity (Wildman–Crippen MR) is 122 cm³/mol. The highest BCUT2D eigenvalue weighted by Crippen LogP contribution is 2.28. The van der Waals surface area contributed by atoms with Gasteiger partial charge in [0.2, 0.25) is 5.91 Å². The van der Waals surface area contributed by atoms with Crippen LogP contribution in [-0.2, 0) is 4.79 Å². The highest BCUT2D eigenvalue weighted by Gasteiger charge is 2.28. The van der Waals surface area contributed by atoms with Gasteiger partial charge in [-0.3, -0.25) is 14.6 Å². The second-order valence-corrected chi connectivity index (χ2v) is 8.35. The summed E-state index contributed by atoms with van der Waals surface area (Å²) >= 11 is 0. The standard InChI is InChI=1S/C23H30N6O3/c1-27-10-12-28(13-11-27)23(31)17-5-6-20(32-2)19(14-17)26-22(30)18-4-3-9-29(16-18)21-15-24-7-8-25-21/h5-8,14-15,18H,3-4,9-13,16H2,1-2H3,(H,26,30). The van der Waals surface area contributed by atoms with Crippen molar-refractivity contribution < 1.29 is 14.3 Å². The van der Waals surface area contributed by atoms with Gasteiger partial charge in [-0.25, -0.2) is 4.98 Å². The molecule has 9 heteroatoms. The third-order valence-corrected chi connectivity index (χ3v) is 6.16. The Kier molecular flexibility index (Phi) is 6.84. The van der Waals surface area contributed by atoms with Crippen LogP contribution in [0.3, 0.4) is 0 Å². The third-order valence-electron chi connectivity index (χ3n) is 6.16. The van der Waals surface area contributed by atoms with Gasteiger partial charge in [-0.15, -0.1) is 0 Å². The second kappa shape index (κ2) is 9.95. The smallest absolute Gasteiger partial charge is 0.254 e. The number of carbonyl (C=O) groups excluding carboxylic acids is 2. The van der Waals surface area contributed by atoms with E-state index in [1.54, 1.807) is 43.9 Å². The molecular formula is C23H30N6O3. The molecule has 32 heavy (non-hydrogen) atoms. The molecule has 2 fully saturated rings. The highest BCUT2D eigenvalue weighted by atomic mass is 16.5. The molecule has 1 aromatic carbocycles. The second-order valence-electron chi connectivity index (χ2n) is 8.35. The van der Waals surface area contributed by atoms with E-state index in [1.807, 2.05) is 4.90 Å². The Bertz CT molecular complexity index is 946. The lowest BCUT2D eigenvalue weighted by atomic mass is 9.97. The van der Waals surface area contributed by atoms with Crippen molar-refractivity contribution >= 4 is 23.3 Å². The van der Waals surface area contributed by atoms with E-state index in [0.717, 1.165) is 38.3 Å². The van der Waals surface area contributed by atoms with E-state index < -0.39 is 0 Å². The van der Waals surface area contributed by atoms with Crippen LogP contribution < -0.4 is 15.0 Å². The molecule has 2 aromatic rings. The molecule has 2 aliphatic rings. The number of piperazine rings is 1. The largest absolute Gasteiger partial charge is 0.495 e. The third kappa shape index (κ3) is 4.99. The van der Waals surface area contributed by atoms with Crippen LogP contribution in [0.4, 0.5) is 11.5 Å². The molecule has 0 bridgehead atoms. The summed E-state index contributed by atoms with van der Waals surface area (Å²) in [7, 11) is 3.61. The zero-order chi connectivity index (χ0) is 22.5. The summed E-state index contributed by atoms with van der Waals surface area (Å²) in [6.45, 7) is 4.53. The fourth-order valence-electron chi connectivity index (χ4n) is 4.22. The summed E-state index contributed by atoms with van der Waals surface area (Å²) in [4.78, 5) is 40.7. The minimum absolute atomic E-state index is 0.0252. The van der Waals surface area contributed by atoms with E-state index in [1.165, 1.54) is 0 Å². The number of rotatable bonds is 5. The van der Waals surface area contributed by atoms with Crippen LogP contribution in [0.1, 0.15) is 23.2 Å². The quantitative estimate of drug-likeness (QED) is 0.760. The van der Waals surface area contributed by atoms with Crippen molar-refractivity contribution in [2.45, 2.75) is 12.8 Å². The molecule has 2 saturated heterocycles. The van der Waals surface area contributed by atoms with E-state index in [9.17, 15) is 9.59 Å². The monoisotopic (exact) mass is 438 g/mol. The van der Waals surface area contributed by atoms with Gasteiger partial charge in [0, 0.05) is 57.2 Å². The maximum Gasteiger partial charge on any atom is 0.254 e. The number of aromatic nitrogens is 2. The van der Waals surface area contributed by atoms with Crippen LogP contribution in [0, 0.1) is 5.92 Å². The zero-order valence-corrected chi connectivity index (χ0v) is 18.7. The Labute approximate surface area is 188 Å². The van der Waals surface area contributed by atoms with Gasteiger partial charge in [0.15, 0.2) is 0 Å². The van der Waals surface area contributed by atoms with Gasteiger partial charge >= 0.3 is 0 Å². The fourth-order valence-corrected chi connectivity index (χ4v) is 4.22. The van der Waals surface area contributed by atoms with Crippen LogP contribution in [-0.4, -0.2) is 85.0 Å². The lowest BCUT2D eigenvalue weighted by molar-refractivity contribution is -0.120. The van der Waals surface area contributed by atoms with Crippen molar-refractivity contribution in [3.63, 3.8) is 0 Å². The predicted octanol–water partition coefficient (Wildman–Crippen LogP) is 1.73. The molecule has 3 heterocycles. The number of hydrogen-bond acceptors (Lipinski definition) is 7. The maximum absolute atomic E-state index is 13.1. The SMILES string of the molecule is COc1ccc(C(=O)N2CCN(C)CC2)cc1NC(=O)C1CCCN(c2cnccn2)C1. The minimum Gasteiger partial charge on any atom is -0.495 e. The van der Waals surface area contributed by atoms with Crippen LogP contribution >= 0.6 is 0 Å². The molecule has 0 spiro atoms. The van der Waals surface area contributed by atoms with Gasteiger partial charge in [0.05, 0.1) is 24.9 Å². The number of anilines is 2. The first kappa shape index (κ1) is 22.0. The number of carbonyl (C=O) groups is 2. The number of hydrogen-bond donors (Lipinski definition) is 1. The molecular weight excluding hydrogens is 408 g/mol. The number of piperidine rings is 1. The summed E-state index contributed by atoms with van der Waals surface area (Å²) < 4.78 is 5.44. The molecule has 1 aromatic heterocycles. The number of amides is 2. The molecule has 0 aliphatic carbocycles. The number of benzene rings is 1. The minimum atomic E-state index is -0.188. The first-order valence-electron chi connectivity index (χ1n) is 11.0. The van der Waals surface area contributed by atoms with Gasteiger partial charge in [0.1, 0.15) is 11.6 Å². The Morgan fingerprint density at radius 2 is 1.94 bits per heavy atom. The van der Waals surface area contributed by atoms with Gasteiger partial charge in [-0.1, -0.05) is 0 Å².